The van der Waals surface area contributed by atoms with Crippen LogP contribution in [-0.4, -0.2) is 0 Å². The van der Waals surface area contributed by atoms with Crippen LogP contribution in [-0.2, 0) is 0 Å². The Bertz CT molecular complexity index is 41.9. The van der Waals surface area contributed by atoms with Crippen LogP contribution in [0.5, 0.6) is 0 Å². The first-order valence-corrected chi connectivity index (χ1v) is 1.72. The molecule has 0 heterocycles. The number of allylic oxidation sites excluding steroid dienone is 2. The molecule has 0 unspecified atom stereocenters. The minimum Gasteiger partial charge on any atom is -0.242 e. The van der Waals surface area contributed by atoms with Gasteiger partial charge in [0.15, 0.2) is 0 Å². The Morgan fingerprint density at radius 2 is 1.83 bits per heavy atom. The van der Waals surface area contributed by atoms with Crippen LogP contribution in [0.15, 0.2) is 11.6 Å². The molecule has 6 heavy (non-hydrogen) atoms. The van der Waals surface area contributed by atoms with E-state index in [-0.39, 0.29) is 18.9 Å². The molecule has 0 saturated heterocycles. The predicted octanol–water partition coefficient (Wildman–Crippen LogP) is -1.21. The van der Waals surface area contributed by atoms with Crippen LogP contribution in [0.4, 0.5) is 0 Å². The van der Waals surface area contributed by atoms with Crippen LogP contribution in [0, 0.1) is 6.92 Å². The summed E-state index contributed by atoms with van der Waals surface area (Å²) in [6, 6.07) is 0. The summed E-state index contributed by atoms with van der Waals surface area (Å²) in [6.07, 6.45) is 1.97. The fraction of sp³-hybridized carbons (Fsp3) is 0.400. The van der Waals surface area contributed by atoms with Crippen molar-refractivity contribution in [1.82, 2.24) is 0 Å². The molecule has 0 amide bonds. The van der Waals surface area contributed by atoms with Crippen molar-refractivity contribution >= 4 is 0 Å². The summed E-state index contributed by atoms with van der Waals surface area (Å²) in [4.78, 5) is 0. The smallest absolute Gasteiger partial charge is 0.242 e. The van der Waals surface area contributed by atoms with E-state index in [0.29, 0.717) is 0 Å². The molecule has 0 aliphatic carbocycles. The molecule has 0 fully saturated rings. The molecule has 0 rings (SSSR count). The zero-order valence-corrected chi connectivity index (χ0v) is 4.78. The van der Waals surface area contributed by atoms with Gasteiger partial charge in [-0.2, -0.15) is 0 Å². The Labute approximate surface area is 51.8 Å². The summed E-state index contributed by atoms with van der Waals surface area (Å²) >= 11 is 0. The maximum atomic E-state index is 3.62. The summed E-state index contributed by atoms with van der Waals surface area (Å²) in [5.74, 6) is 0. The largest absolute Gasteiger partial charge is 1.00 e. The molecule has 0 spiro atoms. The first-order valence-electron chi connectivity index (χ1n) is 1.72. The van der Waals surface area contributed by atoms with E-state index in [1.165, 1.54) is 0 Å². The van der Waals surface area contributed by atoms with Crippen molar-refractivity contribution in [3.63, 3.8) is 0 Å². The van der Waals surface area contributed by atoms with E-state index in [1.54, 1.807) is 0 Å². The molecule has 1 heteroatoms. The Morgan fingerprint density at radius 3 is 1.83 bits per heavy atom. The average Bonchev–Trinajstić information content (AvgIpc) is 1.38. The van der Waals surface area contributed by atoms with Crippen LogP contribution in [0.1, 0.15) is 13.8 Å². The molecule has 0 saturated carbocycles. The van der Waals surface area contributed by atoms with Crippen LogP contribution in [0.3, 0.4) is 0 Å². The maximum Gasteiger partial charge on any atom is 1.00 e. The maximum absolute atomic E-state index is 3.62. The van der Waals surface area contributed by atoms with Crippen molar-refractivity contribution in [2.24, 2.45) is 0 Å². The summed E-state index contributed by atoms with van der Waals surface area (Å²) < 4.78 is 0. The number of rotatable bonds is 0. The molecule has 30 valence electrons. The minimum absolute atomic E-state index is 0. The fourth-order valence-electron chi connectivity index (χ4n) is 0. The molecule has 0 aliphatic heterocycles. The Morgan fingerprint density at radius 1 is 1.67 bits per heavy atom. The van der Waals surface area contributed by atoms with Gasteiger partial charge in [0.05, 0.1) is 0 Å². The molecule has 0 bridgehead atoms. The Hall–Kier alpha value is 0.207. The van der Waals surface area contributed by atoms with Gasteiger partial charge in [0.2, 0.25) is 0 Å². The molecule has 0 nitrogen and oxygen atoms in total. The van der Waals surface area contributed by atoms with E-state index in [4.69, 9.17) is 0 Å². The Balaban J connectivity index is 0. The average molecular weight is 76.1 g/mol. The van der Waals surface area contributed by atoms with Crippen molar-refractivity contribution < 1.29 is 18.9 Å². The van der Waals surface area contributed by atoms with Gasteiger partial charge < -0.3 is 0 Å². The van der Waals surface area contributed by atoms with Gasteiger partial charge in [-0.15, -0.1) is 6.92 Å². The van der Waals surface area contributed by atoms with Gasteiger partial charge >= 0.3 is 18.9 Å². The molecule has 0 aromatic carbocycles. The summed E-state index contributed by atoms with van der Waals surface area (Å²) in [7, 11) is 0. The second-order valence-corrected chi connectivity index (χ2v) is 1.14. The SMILES string of the molecule is [CH2-]C(C)=CC.[Li+]. The molecular formula is C5H9Li. The third-order valence-electron chi connectivity index (χ3n) is 0.493. The van der Waals surface area contributed by atoms with Gasteiger partial charge in [0.25, 0.3) is 0 Å². The molecule has 0 N–H and O–H groups in total. The van der Waals surface area contributed by atoms with Crippen molar-refractivity contribution in [3.05, 3.63) is 18.6 Å². The van der Waals surface area contributed by atoms with E-state index >= 15 is 0 Å². The molecule has 0 radical (unpaired) electrons. The molecule has 0 aliphatic rings. The van der Waals surface area contributed by atoms with Gasteiger partial charge in [-0.25, -0.2) is 18.6 Å². The first-order chi connectivity index (χ1) is 2.27. The third kappa shape index (κ3) is 8.88. The topological polar surface area (TPSA) is 0 Å². The van der Waals surface area contributed by atoms with Crippen molar-refractivity contribution in [1.29, 1.82) is 0 Å². The second kappa shape index (κ2) is 5.21. The van der Waals surface area contributed by atoms with Crippen LogP contribution >= 0.6 is 0 Å². The first kappa shape index (κ1) is 9.51. The standard InChI is InChI=1S/C5H9.Li/c1-4-5(2)3;/h4H,2H2,1,3H3;/q-1;+1. The van der Waals surface area contributed by atoms with E-state index in [0.717, 1.165) is 5.57 Å². The van der Waals surface area contributed by atoms with E-state index in [2.05, 4.69) is 6.92 Å². The normalized spacial score (nSPS) is 10.0. The van der Waals surface area contributed by atoms with E-state index in [1.807, 2.05) is 19.9 Å². The van der Waals surface area contributed by atoms with E-state index < -0.39 is 0 Å². The van der Waals surface area contributed by atoms with Crippen molar-refractivity contribution in [2.45, 2.75) is 13.8 Å². The van der Waals surface area contributed by atoms with E-state index in [9.17, 15) is 0 Å². The summed E-state index contributed by atoms with van der Waals surface area (Å²) in [5.41, 5.74) is 1.13. The molecule has 0 aromatic rings. The number of hydrogen-bond acceptors (Lipinski definition) is 0. The predicted molar refractivity (Wildman–Crippen MR) is 24.8 cm³/mol. The monoisotopic (exact) mass is 76.1 g/mol. The fourth-order valence-corrected chi connectivity index (χ4v) is 0. The Kier molecular flexibility index (Phi) is 8.25. The summed E-state index contributed by atoms with van der Waals surface area (Å²) in [5, 5.41) is 0. The third-order valence-corrected chi connectivity index (χ3v) is 0.493. The van der Waals surface area contributed by atoms with Crippen LogP contribution in [0.2, 0.25) is 0 Å². The zero-order chi connectivity index (χ0) is 4.28. The van der Waals surface area contributed by atoms with Gasteiger partial charge in [-0.3, -0.25) is 0 Å². The minimum atomic E-state index is 0. The summed E-state index contributed by atoms with van der Waals surface area (Å²) in [6.45, 7) is 7.56. The van der Waals surface area contributed by atoms with Crippen LogP contribution < -0.4 is 18.9 Å². The van der Waals surface area contributed by atoms with Crippen molar-refractivity contribution in [3.8, 4) is 0 Å². The zero-order valence-electron chi connectivity index (χ0n) is 4.78. The molecular weight excluding hydrogens is 67.0 g/mol. The van der Waals surface area contributed by atoms with Crippen molar-refractivity contribution in [2.75, 3.05) is 0 Å². The van der Waals surface area contributed by atoms with Gasteiger partial charge in [0.1, 0.15) is 0 Å². The molecule has 0 aromatic heterocycles. The second-order valence-electron chi connectivity index (χ2n) is 1.14. The quantitative estimate of drug-likeness (QED) is 0.251. The number of hydrogen-bond donors (Lipinski definition) is 0. The van der Waals surface area contributed by atoms with Gasteiger partial charge in [-0.05, 0) is 0 Å². The van der Waals surface area contributed by atoms with Crippen LogP contribution in [0.25, 0.3) is 0 Å². The van der Waals surface area contributed by atoms with Gasteiger partial charge in [0, 0.05) is 0 Å². The molecule has 0 atom stereocenters. The van der Waals surface area contributed by atoms with Gasteiger partial charge in [-0.1, -0.05) is 6.92 Å².